The molecule has 3 heteroatoms. The SMILES string of the molecule is CC(/C=[N+](\[O-])Cc1ccccc1)OCc1ccccc1. The molecule has 0 aliphatic carbocycles. The van der Waals surface area contributed by atoms with E-state index in [0.29, 0.717) is 13.2 Å². The number of ether oxygens (including phenoxy) is 1. The third-order valence-electron chi connectivity index (χ3n) is 2.91. The number of hydroxylamine groups is 1. The maximum atomic E-state index is 11.8. The molecule has 0 heterocycles. The van der Waals surface area contributed by atoms with Crippen molar-refractivity contribution in [2.24, 2.45) is 0 Å². The van der Waals surface area contributed by atoms with Gasteiger partial charge in [-0.1, -0.05) is 60.7 Å². The van der Waals surface area contributed by atoms with Crippen LogP contribution in [0.15, 0.2) is 60.7 Å². The molecular weight excluding hydrogens is 250 g/mol. The van der Waals surface area contributed by atoms with E-state index in [2.05, 4.69) is 0 Å². The Labute approximate surface area is 119 Å². The van der Waals surface area contributed by atoms with Crippen molar-refractivity contribution in [2.45, 2.75) is 26.2 Å². The first-order valence-corrected chi connectivity index (χ1v) is 6.72. The predicted molar refractivity (Wildman–Crippen MR) is 80.5 cm³/mol. The summed E-state index contributed by atoms with van der Waals surface area (Å²) in [5.41, 5.74) is 2.10. The highest BCUT2D eigenvalue weighted by Crippen LogP contribution is 2.03. The summed E-state index contributed by atoms with van der Waals surface area (Å²) in [6.45, 7) is 2.73. The molecule has 0 aromatic heterocycles. The second-order valence-corrected chi connectivity index (χ2v) is 4.71. The van der Waals surface area contributed by atoms with E-state index in [1.54, 1.807) is 6.21 Å². The molecule has 2 aromatic rings. The van der Waals surface area contributed by atoms with E-state index in [4.69, 9.17) is 4.74 Å². The highest BCUT2D eigenvalue weighted by Gasteiger charge is 2.05. The lowest BCUT2D eigenvalue weighted by molar-refractivity contribution is -0.472. The van der Waals surface area contributed by atoms with Crippen molar-refractivity contribution in [2.75, 3.05) is 0 Å². The summed E-state index contributed by atoms with van der Waals surface area (Å²) in [7, 11) is 0. The van der Waals surface area contributed by atoms with Crippen LogP contribution in [-0.2, 0) is 17.9 Å². The van der Waals surface area contributed by atoms with Gasteiger partial charge in [-0.2, -0.15) is 0 Å². The molecule has 104 valence electrons. The normalized spacial score (nSPS) is 13.2. The van der Waals surface area contributed by atoms with Gasteiger partial charge in [0.05, 0.1) is 6.61 Å². The molecule has 1 unspecified atom stereocenters. The van der Waals surface area contributed by atoms with E-state index in [1.165, 1.54) is 0 Å². The van der Waals surface area contributed by atoms with Gasteiger partial charge in [0.25, 0.3) is 0 Å². The van der Waals surface area contributed by atoms with Gasteiger partial charge in [-0.3, -0.25) is 0 Å². The molecule has 0 saturated carbocycles. The lowest BCUT2D eigenvalue weighted by Gasteiger charge is -2.10. The van der Waals surface area contributed by atoms with Crippen LogP contribution in [0.4, 0.5) is 0 Å². The number of hydrogen-bond donors (Lipinski definition) is 0. The van der Waals surface area contributed by atoms with Gasteiger partial charge in [0.1, 0.15) is 6.10 Å². The molecular formula is C17H19NO2. The van der Waals surface area contributed by atoms with Crippen molar-refractivity contribution in [3.63, 3.8) is 0 Å². The van der Waals surface area contributed by atoms with Crippen molar-refractivity contribution in [1.29, 1.82) is 0 Å². The van der Waals surface area contributed by atoms with E-state index < -0.39 is 0 Å². The fraction of sp³-hybridized carbons (Fsp3) is 0.235. The van der Waals surface area contributed by atoms with Gasteiger partial charge in [0, 0.05) is 5.56 Å². The summed E-state index contributed by atoms with van der Waals surface area (Å²) in [5, 5.41) is 11.8. The molecule has 0 N–H and O–H groups in total. The molecule has 20 heavy (non-hydrogen) atoms. The van der Waals surface area contributed by atoms with E-state index in [0.717, 1.165) is 15.9 Å². The minimum atomic E-state index is -0.212. The Kier molecular flexibility index (Phi) is 5.33. The van der Waals surface area contributed by atoms with Crippen LogP contribution in [0.3, 0.4) is 0 Å². The minimum Gasteiger partial charge on any atom is -0.624 e. The minimum absolute atomic E-state index is 0.212. The van der Waals surface area contributed by atoms with Crippen LogP contribution < -0.4 is 0 Å². The monoisotopic (exact) mass is 269 g/mol. The van der Waals surface area contributed by atoms with Crippen LogP contribution in [0.5, 0.6) is 0 Å². The molecule has 3 nitrogen and oxygen atoms in total. The van der Waals surface area contributed by atoms with Gasteiger partial charge in [-0.25, -0.2) is 4.74 Å². The number of hydrogen-bond acceptors (Lipinski definition) is 2. The fourth-order valence-corrected chi connectivity index (χ4v) is 1.90. The summed E-state index contributed by atoms with van der Waals surface area (Å²) in [4.78, 5) is 0. The van der Waals surface area contributed by atoms with Gasteiger partial charge < -0.3 is 9.94 Å². The molecule has 0 radical (unpaired) electrons. The molecule has 0 fully saturated rings. The van der Waals surface area contributed by atoms with Crippen LogP contribution in [0, 0.1) is 5.21 Å². The Morgan fingerprint density at radius 3 is 2.15 bits per heavy atom. The van der Waals surface area contributed by atoms with Crippen LogP contribution in [0.25, 0.3) is 0 Å². The van der Waals surface area contributed by atoms with E-state index in [-0.39, 0.29) is 6.10 Å². The number of nitrogens with zero attached hydrogens (tertiary/aromatic N) is 1. The lowest BCUT2D eigenvalue weighted by atomic mass is 10.2. The first-order valence-electron chi connectivity index (χ1n) is 6.72. The molecule has 0 saturated heterocycles. The third-order valence-corrected chi connectivity index (χ3v) is 2.91. The van der Waals surface area contributed by atoms with Crippen molar-refractivity contribution in [3.8, 4) is 0 Å². The summed E-state index contributed by atoms with van der Waals surface area (Å²) in [6, 6.07) is 19.6. The Balaban J connectivity index is 1.83. The second-order valence-electron chi connectivity index (χ2n) is 4.71. The summed E-state index contributed by atoms with van der Waals surface area (Å²) in [6.07, 6.45) is 1.35. The zero-order valence-corrected chi connectivity index (χ0v) is 11.6. The van der Waals surface area contributed by atoms with Crippen LogP contribution in [0.2, 0.25) is 0 Å². The average molecular weight is 269 g/mol. The Morgan fingerprint density at radius 1 is 1.00 bits per heavy atom. The number of rotatable bonds is 6. The Morgan fingerprint density at radius 2 is 1.55 bits per heavy atom. The van der Waals surface area contributed by atoms with Crippen LogP contribution in [-0.4, -0.2) is 17.1 Å². The quantitative estimate of drug-likeness (QED) is 0.349. The second kappa shape index (κ2) is 7.46. The van der Waals surface area contributed by atoms with Gasteiger partial charge in [0.15, 0.2) is 12.8 Å². The van der Waals surface area contributed by atoms with Gasteiger partial charge in [-0.15, -0.1) is 0 Å². The molecule has 1 atom stereocenters. The maximum Gasteiger partial charge on any atom is 0.179 e. The zero-order valence-electron chi connectivity index (χ0n) is 11.6. The summed E-state index contributed by atoms with van der Waals surface area (Å²) in [5.74, 6) is 0. The zero-order chi connectivity index (χ0) is 14.2. The van der Waals surface area contributed by atoms with Crippen LogP contribution in [0.1, 0.15) is 18.1 Å². The van der Waals surface area contributed by atoms with E-state index >= 15 is 0 Å². The highest BCUT2D eigenvalue weighted by molar-refractivity contribution is 5.57. The van der Waals surface area contributed by atoms with E-state index in [1.807, 2.05) is 67.6 Å². The summed E-state index contributed by atoms with van der Waals surface area (Å²) < 4.78 is 6.56. The maximum absolute atomic E-state index is 11.8. The van der Waals surface area contributed by atoms with Gasteiger partial charge in [0.2, 0.25) is 0 Å². The largest absolute Gasteiger partial charge is 0.624 e. The first kappa shape index (κ1) is 14.3. The molecule has 0 bridgehead atoms. The average Bonchev–Trinajstić information content (AvgIpc) is 2.47. The first-order chi connectivity index (χ1) is 9.74. The van der Waals surface area contributed by atoms with Crippen molar-refractivity contribution < 1.29 is 9.48 Å². The highest BCUT2D eigenvalue weighted by atomic mass is 16.5. The smallest absolute Gasteiger partial charge is 0.179 e. The molecule has 0 amide bonds. The summed E-state index contributed by atoms with van der Waals surface area (Å²) >= 11 is 0. The van der Waals surface area contributed by atoms with Gasteiger partial charge >= 0.3 is 0 Å². The van der Waals surface area contributed by atoms with Crippen molar-refractivity contribution in [3.05, 3.63) is 77.0 Å². The van der Waals surface area contributed by atoms with Gasteiger partial charge in [-0.05, 0) is 12.5 Å². The number of benzene rings is 2. The third kappa shape index (κ3) is 4.86. The van der Waals surface area contributed by atoms with Crippen molar-refractivity contribution >= 4 is 6.21 Å². The fourth-order valence-electron chi connectivity index (χ4n) is 1.90. The topological polar surface area (TPSA) is 35.3 Å². The lowest BCUT2D eigenvalue weighted by Crippen LogP contribution is -2.17. The Bertz CT molecular complexity index is 537. The molecule has 0 spiro atoms. The molecule has 0 aliphatic rings. The predicted octanol–water partition coefficient (Wildman–Crippen LogP) is 3.37. The van der Waals surface area contributed by atoms with E-state index in [9.17, 15) is 5.21 Å². The van der Waals surface area contributed by atoms with Crippen molar-refractivity contribution in [1.82, 2.24) is 0 Å². The standard InChI is InChI=1S/C17H19NO2/c1-15(20-14-17-10-6-3-7-11-17)12-18(19)13-16-8-4-2-5-9-16/h2-12,15H,13-14H2,1H3/b18-12-. The molecule has 2 rings (SSSR count). The Hall–Kier alpha value is -2.13. The molecule has 0 aliphatic heterocycles. The van der Waals surface area contributed by atoms with Crippen LogP contribution >= 0.6 is 0 Å². The molecule has 2 aromatic carbocycles.